The van der Waals surface area contributed by atoms with Crippen molar-refractivity contribution in [1.82, 2.24) is 4.90 Å². The van der Waals surface area contributed by atoms with Crippen molar-refractivity contribution in [3.8, 4) is 0 Å². The van der Waals surface area contributed by atoms with Crippen LogP contribution in [0.1, 0.15) is 56.2 Å². The molecule has 0 saturated carbocycles. The van der Waals surface area contributed by atoms with Gasteiger partial charge in [-0.05, 0) is 49.8 Å². The summed E-state index contributed by atoms with van der Waals surface area (Å²) >= 11 is 0. The minimum atomic E-state index is -0.979. The second kappa shape index (κ2) is 6.00. The summed E-state index contributed by atoms with van der Waals surface area (Å²) in [5, 5.41) is 9.08. The van der Waals surface area contributed by atoms with Crippen molar-refractivity contribution < 1.29 is 14.3 Å². The van der Waals surface area contributed by atoms with Crippen molar-refractivity contribution in [2.75, 3.05) is 13.1 Å². The molecular weight excluding hydrogens is 254 g/mol. The topological polar surface area (TPSA) is 53.7 Å². The number of carbonyl (C=O) groups is 1. The van der Waals surface area contributed by atoms with E-state index in [1.165, 1.54) is 25.5 Å². The largest absolute Gasteiger partial charge is 0.475 e. The molecule has 1 aromatic rings. The molecule has 1 unspecified atom stereocenters. The van der Waals surface area contributed by atoms with Gasteiger partial charge in [-0.25, -0.2) is 4.79 Å². The Labute approximate surface area is 120 Å². The van der Waals surface area contributed by atoms with Crippen molar-refractivity contribution in [3.63, 3.8) is 0 Å². The van der Waals surface area contributed by atoms with E-state index in [4.69, 9.17) is 9.52 Å². The van der Waals surface area contributed by atoms with Gasteiger partial charge in [-0.1, -0.05) is 20.8 Å². The van der Waals surface area contributed by atoms with Crippen LogP contribution in [0.3, 0.4) is 0 Å². The molecular formula is C16H25NO3. The van der Waals surface area contributed by atoms with Crippen molar-refractivity contribution in [2.45, 2.75) is 46.6 Å². The molecule has 1 N–H and O–H groups in total. The highest BCUT2D eigenvalue weighted by Crippen LogP contribution is 2.34. The molecule has 1 fully saturated rings. The normalized spacial score (nSPS) is 21.6. The number of likely N-dealkylation sites (tertiary alicyclic amines) is 1. The fraction of sp³-hybridized carbons (Fsp3) is 0.688. The summed E-state index contributed by atoms with van der Waals surface area (Å²) in [6.07, 6.45) is 5.09. The third-order valence-electron chi connectivity index (χ3n) is 4.38. The fourth-order valence-electron chi connectivity index (χ4n) is 3.07. The molecule has 0 spiro atoms. The van der Waals surface area contributed by atoms with Gasteiger partial charge in [-0.3, -0.25) is 4.90 Å². The first-order valence-corrected chi connectivity index (χ1v) is 7.40. The fourth-order valence-corrected chi connectivity index (χ4v) is 3.07. The lowest BCUT2D eigenvalue weighted by Gasteiger charge is -2.29. The van der Waals surface area contributed by atoms with E-state index in [-0.39, 0.29) is 5.76 Å². The van der Waals surface area contributed by atoms with Crippen LogP contribution in [0.2, 0.25) is 0 Å². The van der Waals surface area contributed by atoms with Crippen molar-refractivity contribution in [2.24, 2.45) is 11.3 Å². The van der Waals surface area contributed by atoms with Gasteiger partial charge in [0.15, 0.2) is 0 Å². The Balaban J connectivity index is 1.98. The molecule has 0 aliphatic carbocycles. The Morgan fingerprint density at radius 1 is 1.40 bits per heavy atom. The second-order valence-electron chi connectivity index (χ2n) is 6.85. The van der Waals surface area contributed by atoms with E-state index in [1.807, 2.05) is 0 Å². The predicted octanol–water partition coefficient (Wildman–Crippen LogP) is 3.63. The molecule has 1 atom stereocenters. The first-order chi connectivity index (χ1) is 9.38. The predicted molar refractivity (Wildman–Crippen MR) is 77.7 cm³/mol. The van der Waals surface area contributed by atoms with Gasteiger partial charge in [0, 0.05) is 12.1 Å². The summed E-state index contributed by atoms with van der Waals surface area (Å²) in [5.74, 6) is -0.148. The first-order valence-electron chi connectivity index (χ1n) is 7.40. The van der Waals surface area contributed by atoms with Gasteiger partial charge < -0.3 is 9.52 Å². The molecule has 1 aliphatic rings. The number of nitrogens with zero attached hydrogens (tertiary/aromatic N) is 1. The summed E-state index contributed by atoms with van der Waals surface area (Å²) in [4.78, 5) is 13.4. The molecule has 0 radical (unpaired) electrons. The molecule has 1 aromatic heterocycles. The Hall–Kier alpha value is -1.29. The summed E-state index contributed by atoms with van der Waals surface area (Å²) in [5.41, 5.74) is 1.14. The van der Waals surface area contributed by atoms with Gasteiger partial charge in [0.1, 0.15) is 0 Å². The van der Waals surface area contributed by atoms with Crippen LogP contribution in [0.4, 0.5) is 0 Å². The number of carboxylic acid groups (broad SMARTS) is 1. The number of rotatable bonds is 3. The third kappa shape index (κ3) is 3.63. The molecule has 4 nitrogen and oxygen atoms in total. The maximum atomic E-state index is 11.1. The lowest BCUT2D eigenvalue weighted by Crippen LogP contribution is -2.26. The van der Waals surface area contributed by atoms with Crippen LogP contribution < -0.4 is 0 Å². The second-order valence-corrected chi connectivity index (χ2v) is 6.85. The lowest BCUT2D eigenvalue weighted by molar-refractivity contribution is 0.0659. The van der Waals surface area contributed by atoms with E-state index in [9.17, 15) is 4.79 Å². The highest BCUT2D eigenvalue weighted by Gasteiger charge is 2.27. The maximum Gasteiger partial charge on any atom is 0.372 e. The van der Waals surface area contributed by atoms with Crippen LogP contribution in [0.15, 0.2) is 16.7 Å². The Morgan fingerprint density at radius 3 is 2.80 bits per heavy atom. The van der Waals surface area contributed by atoms with Crippen LogP contribution in [-0.2, 0) is 6.54 Å². The van der Waals surface area contributed by atoms with Gasteiger partial charge in [0.05, 0.1) is 6.26 Å². The quantitative estimate of drug-likeness (QED) is 0.918. The van der Waals surface area contributed by atoms with Gasteiger partial charge in [0.2, 0.25) is 5.76 Å². The Kier molecular flexibility index (Phi) is 4.53. The zero-order valence-corrected chi connectivity index (χ0v) is 12.7. The molecule has 112 valence electrons. The smallest absolute Gasteiger partial charge is 0.372 e. The van der Waals surface area contributed by atoms with E-state index < -0.39 is 5.97 Å². The van der Waals surface area contributed by atoms with Crippen LogP contribution in [0, 0.1) is 11.3 Å². The molecule has 2 rings (SSSR count). The zero-order valence-electron chi connectivity index (χ0n) is 12.7. The highest BCUT2D eigenvalue weighted by molar-refractivity contribution is 5.86. The van der Waals surface area contributed by atoms with Gasteiger partial charge in [0.25, 0.3) is 0 Å². The summed E-state index contributed by atoms with van der Waals surface area (Å²) in [6, 6.07) is 1.77. The molecule has 2 heterocycles. The van der Waals surface area contributed by atoms with Gasteiger partial charge in [-0.2, -0.15) is 0 Å². The first kappa shape index (κ1) is 15.1. The Bertz CT molecular complexity index is 459. The molecule has 0 aromatic carbocycles. The average Bonchev–Trinajstić information content (AvgIpc) is 2.65. The van der Waals surface area contributed by atoms with E-state index >= 15 is 0 Å². The minimum absolute atomic E-state index is 0.0848. The maximum absolute atomic E-state index is 11.1. The molecule has 1 aliphatic heterocycles. The zero-order chi connectivity index (χ0) is 14.8. The number of furan rings is 1. The number of hydrogen-bond donors (Lipinski definition) is 1. The standard InChI is InChI=1S/C16H25NO3/c1-16(2,3)13-5-4-8-17(9-6-13)11-12-7-10-20-14(12)15(18)19/h7,10,13H,4-6,8-9,11H2,1-3H3,(H,18,19). The molecule has 0 bridgehead atoms. The number of carboxylic acids is 1. The van der Waals surface area contributed by atoms with Gasteiger partial charge in [-0.15, -0.1) is 0 Å². The summed E-state index contributed by atoms with van der Waals surface area (Å²) in [7, 11) is 0. The lowest BCUT2D eigenvalue weighted by atomic mass is 9.77. The monoisotopic (exact) mass is 279 g/mol. The number of aromatic carboxylic acids is 1. The number of hydrogen-bond acceptors (Lipinski definition) is 3. The minimum Gasteiger partial charge on any atom is -0.475 e. The van der Waals surface area contributed by atoms with Crippen molar-refractivity contribution in [3.05, 3.63) is 23.7 Å². The highest BCUT2D eigenvalue weighted by atomic mass is 16.4. The van der Waals surface area contributed by atoms with Crippen LogP contribution in [0.25, 0.3) is 0 Å². The van der Waals surface area contributed by atoms with Crippen LogP contribution in [0.5, 0.6) is 0 Å². The van der Waals surface area contributed by atoms with E-state index in [0.29, 0.717) is 12.0 Å². The summed E-state index contributed by atoms with van der Waals surface area (Å²) < 4.78 is 5.05. The van der Waals surface area contributed by atoms with E-state index in [0.717, 1.165) is 24.6 Å². The molecule has 4 heteroatoms. The third-order valence-corrected chi connectivity index (χ3v) is 4.38. The summed E-state index contributed by atoms with van der Waals surface area (Å²) in [6.45, 7) is 9.68. The Morgan fingerprint density at radius 2 is 2.15 bits per heavy atom. The average molecular weight is 279 g/mol. The van der Waals surface area contributed by atoms with E-state index in [2.05, 4.69) is 25.7 Å². The molecule has 1 saturated heterocycles. The van der Waals surface area contributed by atoms with E-state index in [1.54, 1.807) is 6.07 Å². The van der Waals surface area contributed by atoms with Gasteiger partial charge >= 0.3 is 5.97 Å². The van der Waals surface area contributed by atoms with Crippen molar-refractivity contribution >= 4 is 5.97 Å². The van der Waals surface area contributed by atoms with Crippen molar-refractivity contribution in [1.29, 1.82) is 0 Å². The molecule has 20 heavy (non-hydrogen) atoms. The van der Waals surface area contributed by atoms with Crippen LogP contribution in [-0.4, -0.2) is 29.1 Å². The SMILES string of the molecule is CC(C)(C)C1CCCN(Cc2ccoc2C(=O)O)CC1. The van der Waals surface area contributed by atoms with Crippen LogP contribution >= 0.6 is 0 Å². The molecule has 0 amide bonds.